The van der Waals surface area contributed by atoms with Gasteiger partial charge in [0.2, 0.25) is 0 Å². The van der Waals surface area contributed by atoms with Crippen molar-refractivity contribution in [1.82, 2.24) is 4.90 Å². The van der Waals surface area contributed by atoms with Gasteiger partial charge in [0.1, 0.15) is 12.8 Å². The molecule has 33 heavy (non-hydrogen) atoms. The molecule has 0 N–H and O–H groups in total. The molecule has 166 valence electrons. The lowest BCUT2D eigenvalue weighted by Crippen LogP contribution is -2.33. The Balaban J connectivity index is 1.91. The quantitative estimate of drug-likeness (QED) is 0.357. The minimum Gasteiger partial charge on any atom is -0.378 e. The van der Waals surface area contributed by atoms with Crippen LogP contribution in [0, 0.1) is 11.3 Å². The van der Waals surface area contributed by atoms with Crippen LogP contribution in [-0.2, 0) is 13.6 Å². The molecule has 8 nitrogen and oxygen atoms in total. The van der Waals surface area contributed by atoms with Gasteiger partial charge in [-0.2, -0.15) is 5.26 Å². The Morgan fingerprint density at radius 2 is 1.12 bits per heavy atom. The van der Waals surface area contributed by atoms with Crippen LogP contribution >= 0.6 is 7.60 Å². The number of carbonyl (C=O) groups is 3. The molecule has 3 aromatic rings. The fourth-order valence-electron chi connectivity index (χ4n) is 2.83. The molecule has 3 rings (SSSR count). The maximum atomic E-state index is 13.6. The number of benzene rings is 3. The monoisotopic (exact) mass is 462 g/mol. The second kappa shape index (κ2) is 10.9. The van der Waals surface area contributed by atoms with Crippen LogP contribution in [-0.4, -0.2) is 35.6 Å². The van der Waals surface area contributed by atoms with E-state index in [4.69, 9.17) is 9.05 Å². The van der Waals surface area contributed by atoms with E-state index in [-0.39, 0.29) is 16.7 Å². The van der Waals surface area contributed by atoms with Gasteiger partial charge in [-0.3, -0.25) is 4.79 Å². The van der Waals surface area contributed by atoms with Gasteiger partial charge in [0.25, 0.3) is 5.91 Å². The third kappa shape index (κ3) is 6.39. The van der Waals surface area contributed by atoms with Crippen molar-refractivity contribution in [2.75, 3.05) is 12.8 Å². The van der Waals surface area contributed by atoms with Crippen LogP contribution in [0.1, 0.15) is 31.1 Å². The van der Waals surface area contributed by atoms with E-state index in [2.05, 4.69) is 0 Å². The first-order chi connectivity index (χ1) is 15.9. The zero-order valence-electron chi connectivity index (χ0n) is 17.4. The van der Waals surface area contributed by atoms with Crippen LogP contribution in [0.3, 0.4) is 0 Å². The molecular formula is C24H19N2O6P. The van der Waals surface area contributed by atoms with Crippen LogP contribution in [0.4, 0.5) is 0 Å². The smallest absolute Gasteiger partial charge is 0.378 e. The largest absolute Gasteiger partial charge is 0.454 e. The Bertz CT molecular complexity index is 1150. The van der Waals surface area contributed by atoms with E-state index >= 15 is 0 Å². The molecule has 0 aromatic heterocycles. The zero-order chi connectivity index (χ0) is 23.7. The van der Waals surface area contributed by atoms with Crippen molar-refractivity contribution in [3.63, 3.8) is 0 Å². The molecule has 0 heterocycles. The molecule has 0 bridgehead atoms. The molecule has 0 radical (unpaired) electrons. The number of hydrogen-bond acceptors (Lipinski definition) is 7. The van der Waals surface area contributed by atoms with Crippen molar-refractivity contribution in [3.05, 3.63) is 108 Å². The van der Waals surface area contributed by atoms with E-state index in [1.807, 2.05) is 6.07 Å². The van der Waals surface area contributed by atoms with Crippen LogP contribution in [0.2, 0.25) is 0 Å². The molecule has 0 aliphatic carbocycles. The van der Waals surface area contributed by atoms with Gasteiger partial charge in [-0.15, -0.1) is 0 Å². The Labute approximate surface area is 190 Å². The van der Waals surface area contributed by atoms with Gasteiger partial charge in [-0.25, -0.2) is 14.2 Å². The number of rotatable bonds is 8. The summed E-state index contributed by atoms with van der Waals surface area (Å²) in [5, 5.41) is 9.20. The minimum atomic E-state index is -4.57. The van der Waals surface area contributed by atoms with Crippen LogP contribution in [0.5, 0.6) is 0 Å². The van der Waals surface area contributed by atoms with E-state index in [0.717, 1.165) is 4.90 Å². The summed E-state index contributed by atoms with van der Waals surface area (Å²) in [5.41, 5.74) is 0.382. The highest BCUT2D eigenvalue weighted by Gasteiger charge is 2.38. The van der Waals surface area contributed by atoms with Crippen molar-refractivity contribution in [3.8, 4) is 6.07 Å². The fourth-order valence-corrected chi connectivity index (χ4v) is 4.34. The molecule has 0 aliphatic heterocycles. The Kier molecular flexibility index (Phi) is 7.74. The fraction of sp³-hybridized carbons (Fsp3) is 0.0833. The van der Waals surface area contributed by atoms with Gasteiger partial charge < -0.3 is 13.9 Å². The van der Waals surface area contributed by atoms with Crippen molar-refractivity contribution in [2.24, 2.45) is 0 Å². The SMILES string of the molecule is N#CCN(CP(=O)(OC(=O)c1ccccc1)OC(=O)c1ccccc1)C(=O)c1ccccc1. The zero-order valence-corrected chi connectivity index (χ0v) is 18.3. The highest BCUT2D eigenvalue weighted by molar-refractivity contribution is 7.55. The molecule has 1 amide bonds. The first-order valence-electron chi connectivity index (χ1n) is 9.80. The molecule has 3 aromatic carbocycles. The van der Waals surface area contributed by atoms with Gasteiger partial charge in [-0.05, 0) is 36.4 Å². The maximum absolute atomic E-state index is 13.6. The summed E-state index contributed by atoms with van der Waals surface area (Å²) in [5.74, 6) is -2.63. The van der Waals surface area contributed by atoms with E-state index in [0.29, 0.717) is 0 Å². The second-order valence-corrected chi connectivity index (χ2v) is 8.64. The molecule has 0 fully saturated rings. The predicted octanol–water partition coefficient (Wildman–Crippen LogP) is 4.52. The summed E-state index contributed by atoms with van der Waals surface area (Å²) in [6.45, 7) is -0.469. The number of amides is 1. The molecule has 0 spiro atoms. The maximum Gasteiger partial charge on any atom is 0.454 e. The van der Waals surface area contributed by atoms with Crippen molar-refractivity contribution in [1.29, 1.82) is 5.26 Å². The number of nitrogens with zero attached hydrogens (tertiary/aromatic N) is 2. The molecular weight excluding hydrogens is 443 g/mol. The highest BCUT2D eigenvalue weighted by Crippen LogP contribution is 2.50. The molecule has 0 aliphatic rings. The molecule has 0 saturated carbocycles. The summed E-state index contributed by atoms with van der Waals surface area (Å²) >= 11 is 0. The number of hydrogen-bond donors (Lipinski definition) is 0. The average molecular weight is 462 g/mol. The standard InChI is InChI=1S/C24H19N2O6P/c25-16-17-26(22(27)19-10-4-1-5-11-19)18-33(30,31-23(28)20-12-6-2-7-13-20)32-24(29)21-14-8-3-9-15-21/h1-15H,17-18H2. The summed E-state index contributed by atoms with van der Waals surface area (Å²) in [4.78, 5) is 39.0. The van der Waals surface area contributed by atoms with Gasteiger partial charge >= 0.3 is 19.5 Å². The summed E-state index contributed by atoms with van der Waals surface area (Å²) < 4.78 is 23.9. The topological polar surface area (TPSA) is 114 Å². The first kappa shape index (κ1) is 23.5. The van der Waals surface area contributed by atoms with E-state index < -0.39 is 38.3 Å². The Morgan fingerprint density at radius 1 is 0.727 bits per heavy atom. The summed E-state index contributed by atoms with van der Waals surface area (Å²) in [7, 11) is -4.57. The third-order valence-corrected chi connectivity index (χ3v) is 5.95. The third-order valence-electron chi connectivity index (χ3n) is 4.38. The first-order valence-corrected chi connectivity index (χ1v) is 11.5. The van der Waals surface area contributed by atoms with Crippen LogP contribution in [0.25, 0.3) is 0 Å². The minimum absolute atomic E-state index is 0.0784. The van der Waals surface area contributed by atoms with Crippen molar-refractivity contribution >= 4 is 25.4 Å². The number of nitriles is 1. The average Bonchev–Trinajstić information content (AvgIpc) is 2.84. The summed E-state index contributed by atoms with van der Waals surface area (Å²) in [6.07, 6.45) is -0.786. The van der Waals surface area contributed by atoms with E-state index in [1.54, 1.807) is 54.6 Å². The van der Waals surface area contributed by atoms with Crippen LogP contribution < -0.4 is 0 Å². The lowest BCUT2D eigenvalue weighted by atomic mass is 10.2. The Hall–Kier alpha value is -4.21. The lowest BCUT2D eigenvalue weighted by molar-refractivity contribution is 0.0600. The van der Waals surface area contributed by atoms with E-state index in [9.17, 15) is 24.2 Å². The van der Waals surface area contributed by atoms with Gasteiger partial charge in [0, 0.05) is 5.56 Å². The van der Waals surface area contributed by atoms with Crippen molar-refractivity contribution < 1.29 is 28.0 Å². The van der Waals surface area contributed by atoms with Crippen LogP contribution in [0.15, 0.2) is 91.0 Å². The van der Waals surface area contributed by atoms with Gasteiger partial charge in [0.15, 0.2) is 0 Å². The molecule has 0 saturated heterocycles. The molecule has 9 heteroatoms. The van der Waals surface area contributed by atoms with Gasteiger partial charge in [-0.1, -0.05) is 54.6 Å². The van der Waals surface area contributed by atoms with E-state index in [1.165, 1.54) is 36.4 Å². The van der Waals surface area contributed by atoms with Gasteiger partial charge in [0.05, 0.1) is 17.2 Å². The lowest BCUT2D eigenvalue weighted by Gasteiger charge is -2.25. The Morgan fingerprint density at radius 3 is 1.52 bits per heavy atom. The number of carbonyl (C=O) groups excluding carboxylic acids is 3. The molecule has 0 unspecified atom stereocenters. The normalized spacial score (nSPS) is 10.5. The highest BCUT2D eigenvalue weighted by atomic mass is 31.2. The predicted molar refractivity (Wildman–Crippen MR) is 119 cm³/mol. The van der Waals surface area contributed by atoms with Crippen molar-refractivity contribution in [2.45, 2.75) is 0 Å². The summed E-state index contributed by atoms with van der Waals surface area (Å²) in [6, 6.07) is 25.3. The second-order valence-electron chi connectivity index (χ2n) is 6.77. The molecule has 0 atom stereocenters.